The second-order valence-corrected chi connectivity index (χ2v) is 6.02. The highest BCUT2D eigenvalue weighted by Gasteiger charge is 2.25. The van der Waals surface area contributed by atoms with E-state index in [2.05, 4.69) is 12.2 Å². The molecule has 0 aromatic heterocycles. The Morgan fingerprint density at radius 3 is 2.38 bits per heavy atom. The number of nitrogens with two attached hydrogens (primary N) is 1. The molecule has 0 aliphatic heterocycles. The summed E-state index contributed by atoms with van der Waals surface area (Å²) in [5.74, 6) is 0.849. The molecule has 21 heavy (non-hydrogen) atoms. The van der Waals surface area contributed by atoms with Crippen LogP contribution in [0.4, 0.5) is 10.5 Å². The van der Waals surface area contributed by atoms with Crippen LogP contribution < -0.4 is 11.1 Å². The summed E-state index contributed by atoms with van der Waals surface area (Å²) in [4.78, 5) is 14.2. The van der Waals surface area contributed by atoms with E-state index in [1.807, 2.05) is 36.2 Å². The molecule has 1 aliphatic carbocycles. The molecule has 2 rings (SSSR count). The van der Waals surface area contributed by atoms with Crippen molar-refractivity contribution in [3.63, 3.8) is 0 Å². The lowest BCUT2D eigenvalue weighted by molar-refractivity contribution is 0.170. The Morgan fingerprint density at radius 2 is 1.86 bits per heavy atom. The predicted octanol–water partition coefficient (Wildman–Crippen LogP) is 3.58. The Morgan fingerprint density at radius 1 is 1.24 bits per heavy atom. The Bertz CT molecular complexity index is 450. The van der Waals surface area contributed by atoms with E-state index in [0.717, 1.165) is 30.0 Å². The number of hydrogen-bond donors (Lipinski definition) is 2. The number of hydrogen-bond acceptors (Lipinski definition) is 2. The average Bonchev–Trinajstić information content (AvgIpc) is 2.55. The molecule has 2 amide bonds. The highest BCUT2D eigenvalue weighted by atomic mass is 16.2. The maximum atomic E-state index is 12.3. The summed E-state index contributed by atoms with van der Waals surface area (Å²) in [6.07, 6.45) is 5.98. The molecule has 0 spiro atoms. The smallest absolute Gasteiger partial charge is 0.321 e. The number of nitrogens with zero attached hydrogens (tertiary/aromatic N) is 1. The molecule has 0 bridgehead atoms. The van der Waals surface area contributed by atoms with Crippen molar-refractivity contribution in [1.82, 2.24) is 4.90 Å². The zero-order chi connectivity index (χ0) is 15.2. The third kappa shape index (κ3) is 4.21. The molecular formula is C17H27N3O. The topological polar surface area (TPSA) is 58.4 Å². The summed E-state index contributed by atoms with van der Waals surface area (Å²) < 4.78 is 0. The number of amides is 2. The third-order valence-electron chi connectivity index (χ3n) is 4.70. The standard InChI is InChI=1S/C17H27N3O/c1-3-13-6-10-16(11-7-13)20(2)17(21)19-15-8-4-14(12-18)5-9-15/h4-5,8-9,13,16H,3,6-7,10-12,18H2,1-2H3,(H,19,21). The summed E-state index contributed by atoms with van der Waals surface area (Å²) in [5.41, 5.74) is 7.47. The monoisotopic (exact) mass is 289 g/mol. The molecule has 1 aliphatic rings. The van der Waals surface area contributed by atoms with Gasteiger partial charge >= 0.3 is 6.03 Å². The van der Waals surface area contributed by atoms with Gasteiger partial charge in [0.25, 0.3) is 0 Å². The van der Waals surface area contributed by atoms with Gasteiger partial charge in [0.05, 0.1) is 0 Å². The molecule has 0 atom stereocenters. The number of rotatable bonds is 4. The molecule has 116 valence electrons. The Hall–Kier alpha value is -1.55. The summed E-state index contributed by atoms with van der Waals surface area (Å²) >= 11 is 0. The Kier molecular flexibility index (Phi) is 5.62. The molecular weight excluding hydrogens is 262 g/mol. The lowest BCUT2D eigenvalue weighted by Crippen LogP contribution is -2.41. The SMILES string of the molecule is CCC1CCC(N(C)C(=O)Nc2ccc(CN)cc2)CC1. The molecule has 1 aromatic carbocycles. The fraction of sp³-hybridized carbons (Fsp3) is 0.588. The van der Waals surface area contributed by atoms with Gasteiger partial charge in [0.2, 0.25) is 0 Å². The first kappa shape index (κ1) is 15.8. The lowest BCUT2D eigenvalue weighted by atomic mass is 9.84. The number of anilines is 1. The molecule has 0 saturated heterocycles. The minimum atomic E-state index is -0.0181. The van der Waals surface area contributed by atoms with Gasteiger partial charge in [-0.3, -0.25) is 0 Å². The number of urea groups is 1. The van der Waals surface area contributed by atoms with Crippen LogP contribution in [0.3, 0.4) is 0 Å². The minimum Gasteiger partial charge on any atom is -0.326 e. The minimum absolute atomic E-state index is 0.0181. The van der Waals surface area contributed by atoms with E-state index in [1.165, 1.54) is 19.3 Å². The number of carbonyl (C=O) groups is 1. The molecule has 0 heterocycles. The molecule has 4 nitrogen and oxygen atoms in total. The van der Waals surface area contributed by atoms with Crippen LogP contribution in [0.1, 0.15) is 44.6 Å². The fourth-order valence-corrected chi connectivity index (χ4v) is 3.04. The highest BCUT2D eigenvalue weighted by molar-refractivity contribution is 5.89. The summed E-state index contributed by atoms with van der Waals surface area (Å²) in [7, 11) is 1.90. The first-order valence-electron chi connectivity index (χ1n) is 7.96. The van der Waals surface area contributed by atoms with Gasteiger partial charge in [-0.05, 0) is 49.3 Å². The predicted molar refractivity (Wildman–Crippen MR) is 87.2 cm³/mol. The average molecular weight is 289 g/mol. The van der Waals surface area contributed by atoms with Crippen LogP contribution in [0, 0.1) is 5.92 Å². The van der Waals surface area contributed by atoms with Crippen molar-refractivity contribution in [2.24, 2.45) is 11.7 Å². The van der Waals surface area contributed by atoms with E-state index in [0.29, 0.717) is 12.6 Å². The largest absolute Gasteiger partial charge is 0.326 e. The van der Waals surface area contributed by atoms with Crippen LogP contribution in [-0.2, 0) is 6.54 Å². The maximum absolute atomic E-state index is 12.3. The molecule has 1 aromatic rings. The van der Waals surface area contributed by atoms with Gasteiger partial charge in [0, 0.05) is 25.3 Å². The van der Waals surface area contributed by atoms with Gasteiger partial charge in [-0.1, -0.05) is 25.5 Å². The molecule has 1 fully saturated rings. The maximum Gasteiger partial charge on any atom is 0.321 e. The zero-order valence-electron chi connectivity index (χ0n) is 13.1. The van der Waals surface area contributed by atoms with Gasteiger partial charge < -0.3 is 16.0 Å². The summed E-state index contributed by atoms with van der Waals surface area (Å²) in [6.45, 7) is 2.78. The zero-order valence-corrected chi connectivity index (χ0v) is 13.1. The van der Waals surface area contributed by atoms with E-state index in [4.69, 9.17) is 5.73 Å². The highest BCUT2D eigenvalue weighted by Crippen LogP contribution is 2.29. The third-order valence-corrected chi connectivity index (χ3v) is 4.70. The van der Waals surface area contributed by atoms with Gasteiger partial charge in [-0.15, -0.1) is 0 Å². The second kappa shape index (κ2) is 7.46. The van der Waals surface area contributed by atoms with E-state index >= 15 is 0 Å². The van der Waals surface area contributed by atoms with Crippen LogP contribution in [0.25, 0.3) is 0 Å². The first-order valence-corrected chi connectivity index (χ1v) is 7.96. The number of nitrogens with one attached hydrogen (secondary N) is 1. The van der Waals surface area contributed by atoms with Crippen LogP contribution >= 0.6 is 0 Å². The van der Waals surface area contributed by atoms with Crippen molar-refractivity contribution in [1.29, 1.82) is 0 Å². The quantitative estimate of drug-likeness (QED) is 0.890. The number of benzene rings is 1. The normalized spacial score (nSPS) is 21.9. The van der Waals surface area contributed by atoms with E-state index < -0.39 is 0 Å². The lowest BCUT2D eigenvalue weighted by Gasteiger charge is -2.34. The van der Waals surface area contributed by atoms with Gasteiger partial charge in [0.15, 0.2) is 0 Å². The van der Waals surface area contributed by atoms with E-state index in [1.54, 1.807) is 0 Å². The van der Waals surface area contributed by atoms with Crippen molar-refractivity contribution < 1.29 is 4.79 Å². The van der Waals surface area contributed by atoms with Crippen molar-refractivity contribution in [3.05, 3.63) is 29.8 Å². The molecule has 3 N–H and O–H groups in total. The van der Waals surface area contributed by atoms with Crippen molar-refractivity contribution >= 4 is 11.7 Å². The number of carbonyl (C=O) groups excluding carboxylic acids is 1. The molecule has 0 radical (unpaired) electrons. The Balaban J connectivity index is 1.87. The van der Waals surface area contributed by atoms with Gasteiger partial charge in [0.1, 0.15) is 0 Å². The molecule has 0 unspecified atom stereocenters. The van der Waals surface area contributed by atoms with Crippen LogP contribution in [-0.4, -0.2) is 24.0 Å². The Labute approximate surface area is 127 Å². The molecule has 4 heteroatoms. The summed E-state index contributed by atoms with van der Waals surface area (Å²) in [6, 6.07) is 8.06. The van der Waals surface area contributed by atoms with E-state index in [9.17, 15) is 4.79 Å². The van der Waals surface area contributed by atoms with Crippen molar-refractivity contribution in [3.8, 4) is 0 Å². The van der Waals surface area contributed by atoms with Gasteiger partial charge in [-0.2, -0.15) is 0 Å². The molecule has 1 saturated carbocycles. The fourth-order valence-electron chi connectivity index (χ4n) is 3.04. The first-order chi connectivity index (χ1) is 10.1. The van der Waals surface area contributed by atoms with Crippen LogP contribution in [0.15, 0.2) is 24.3 Å². The van der Waals surface area contributed by atoms with Crippen molar-refractivity contribution in [2.45, 2.75) is 51.6 Å². The van der Waals surface area contributed by atoms with E-state index in [-0.39, 0.29) is 6.03 Å². The van der Waals surface area contributed by atoms with Gasteiger partial charge in [-0.25, -0.2) is 4.79 Å². The van der Waals surface area contributed by atoms with Crippen molar-refractivity contribution in [2.75, 3.05) is 12.4 Å². The summed E-state index contributed by atoms with van der Waals surface area (Å²) in [5, 5.41) is 2.96. The second-order valence-electron chi connectivity index (χ2n) is 6.02. The van der Waals surface area contributed by atoms with Crippen LogP contribution in [0.5, 0.6) is 0 Å². The van der Waals surface area contributed by atoms with Crippen LogP contribution in [0.2, 0.25) is 0 Å².